The second kappa shape index (κ2) is 8.83. The highest BCUT2D eigenvalue weighted by atomic mass is 32.2. The summed E-state index contributed by atoms with van der Waals surface area (Å²) in [5.41, 5.74) is 0. The average Bonchev–Trinajstić information content (AvgIpc) is 3.23. The van der Waals surface area contributed by atoms with Gasteiger partial charge in [0.2, 0.25) is 10.0 Å². The number of hydrogen-bond acceptors (Lipinski definition) is 6. The average molecular weight is 410 g/mol. The molecule has 1 saturated heterocycles. The number of rotatable bonds is 7. The lowest BCUT2D eigenvalue weighted by Gasteiger charge is -2.34. The minimum Gasteiger partial charge on any atom is -0.497 e. The van der Waals surface area contributed by atoms with Crippen LogP contribution in [0, 0.1) is 0 Å². The van der Waals surface area contributed by atoms with Gasteiger partial charge in [0, 0.05) is 45.3 Å². The number of ether oxygens (including phenoxy) is 1. The van der Waals surface area contributed by atoms with Gasteiger partial charge in [-0.15, -0.1) is 11.3 Å². The van der Waals surface area contributed by atoms with Crippen molar-refractivity contribution in [3.8, 4) is 5.75 Å². The Morgan fingerprint density at radius 1 is 1.19 bits per heavy atom. The molecule has 1 aromatic carbocycles. The summed E-state index contributed by atoms with van der Waals surface area (Å²) in [5, 5.41) is 1.90. The third kappa shape index (κ3) is 5.07. The van der Waals surface area contributed by atoms with Crippen LogP contribution in [-0.2, 0) is 10.0 Å². The number of carbonyl (C=O) groups is 1. The Balaban J connectivity index is 1.45. The molecule has 3 rings (SSSR count). The molecule has 0 atom stereocenters. The second-order valence-corrected chi connectivity index (χ2v) is 8.90. The lowest BCUT2D eigenvalue weighted by molar-refractivity contribution is 0.0645. The Kier molecular flexibility index (Phi) is 6.48. The number of sulfonamides is 1. The number of thiophene rings is 1. The van der Waals surface area contributed by atoms with Gasteiger partial charge in [-0.25, -0.2) is 13.1 Å². The molecule has 0 bridgehead atoms. The molecule has 1 fully saturated rings. The molecule has 1 aliphatic heterocycles. The summed E-state index contributed by atoms with van der Waals surface area (Å²) in [7, 11) is -2.07. The molecule has 1 N–H and O–H groups in total. The van der Waals surface area contributed by atoms with Crippen molar-refractivity contribution in [2.24, 2.45) is 0 Å². The van der Waals surface area contributed by atoms with Crippen molar-refractivity contribution in [3.05, 3.63) is 46.7 Å². The highest BCUT2D eigenvalue weighted by molar-refractivity contribution is 7.89. The number of nitrogens with one attached hydrogen (secondary N) is 1. The predicted octanol–water partition coefficient (Wildman–Crippen LogP) is 1.49. The summed E-state index contributed by atoms with van der Waals surface area (Å²) < 4.78 is 32.5. The third-order valence-electron chi connectivity index (χ3n) is 4.46. The first-order chi connectivity index (χ1) is 13.0. The number of piperazine rings is 1. The molecule has 0 spiro atoms. The number of amides is 1. The van der Waals surface area contributed by atoms with Crippen LogP contribution in [-0.4, -0.2) is 70.5 Å². The van der Waals surface area contributed by atoms with Crippen molar-refractivity contribution < 1.29 is 17.9 Å². The van der Waals surface area contributed by atoms with Crippen molar-refractivity contribution in [1.82, 2.24) is 14.5 Å². The van der Waals surface area contributed by atoms with Gasteiger partial charge in [0.25, 0.3) is 5.91 Å². The summed E-state index contributed by atoms with van der Waals surface area (Å²) in [6, 6.07) is 10.1. The molecule has 9 heteroatoms. The first-order valence-electron chi connectivity index (χ1n) is 8.68. The minimum atomic E-state index is -3.57. The number of nitrogens with zero attached hydrogens (tertiary/aromatic N) is 2. The lowest BCUT2D eigenvalue weighted by Crippen LogP contribution is -2.50. The summed E-state index contributed by atoms with van der Waals surface area (Å²) in [4.78, 5) is 17.3. The van der Waals surface area contributed by atoms with E-state index in [0.717, 1.165) is 18.0 Å². The van der Waals surface area contributed by atoms with E-state index in [1.165, 1.54) is 24.5 Å². The fourth-order valence-corrected chi connectivity index (χ4v) is 4.67. The van der Waals surface area contributed by atoms with Crippen molar-refractivity contribution in [1.29, 1.82) is 0 Å². The Hall–Kier alpha value is -1.94. The summed E-state index contributed by atoms with van der Waals surface area (Å²) in [5.74, 6) is 0.577. The van der Waals surface area contributed by atoms with Gasteiger partial charge in [-0.1, -0.05) is 12.1 Å². The maximum absolute atomic E-state index is 12.4. The Bertz CT molecular complexity index is 860. The molecule has 27 heavy (non-hydrogen) atoms. The van der Waals surface area contributed by atoms with E-state index in [1.54, 1.807) is 18.2 Å². The van der Waals surface area contributed by atoms with E-state index in [-0.39, 0.29) is 10.8 Å². The van der Waals surface area contributed by atoms with Crippen LogP contribution in [0.2, 0.25) is 0 Å². The zero-order valence-electron chi connectivity index (χ0n) is 15.1. The zero-order valence-corrected chi connectivity index (χ0v) is 16.8. The van der Waals surface area contributed by atoms with Crippen LogP contribution < -0.4 is 9.46 Å². The van der Waals surface area contributed by atoms with Gasteiger partial charge in [0.05, 0.1) is 16.9 Å². The predicted molar refractivity (Wildman–Crippen MR) is 105 cm³/mol. The number of methoxy groups -OCH3 is 1. The SMILES string of the molecule is COc1cccc(S(=O)(=O)NCCN2CCN(C(=O)c3cccs3)CC2)c1. The van der Waals surface area contributed by atoms with Crippen molar-refractivity contribution in [3.63, 3.8) is 0 Å². The van der Waals surface area contributed by atoms with Crippen LogP contribution in [0.5, 0.6) is 5.75 Å². The first kappa shape index (κ1) is 19.8. The van der Waals surface area contributed by atoms with Gasteiger partial charge in [-0.2, -0.15) is 0 Å². The second-order valence-electron chi connectivity index (χ2n) is 6.19. The van der Waals surface area contributed by atoms with Crippen molar-refractivity contribution in [2.75, 3.05) is 46.4 Å². The van der Waals surface area contributed by atoms with E-state index in [1.807, 2.05) is 22.4 Å². The number of benzene rings is 1. The number of carbonyl (C=O) groups excluding carboxylic acids is 1. The topological polar surface area (TPSA) is 79.0 Å². The molecule has 2 aromatic rings. The van der Waals surface area contributed by atoms with Gasteiger partial charge in [0.15, 0.2) is 0 Å². The van der Waals surface area contributed by atoms with Crippen LogP contribution in [0.25, 0.3) is 0 Å². The lowest BCUT2D eigenvalue weighted by atomic mass is 10.3. The standard InChI is InChI=1S/C18H23N3O4S2/c1-25-15-4-2-5-16(14-15)27(23,24)19-7-8-20-9-11-21(12-10-20)18(22)17-6-3-13-26-17/h2-6,13-14,19H,7-12H2,1H3. The summed E-state index contributed by atoms with van der Waals surface area (Å²) >= 11 is 1.45. The highest BCUT2D eigenvalue weighted by Crippen LogP contribution is 2.17. The monoisotopic (exact) mass is 409 g/mol. The fourth-order valence-electron chi connectivity index (χ4n) is 2.92. The third-order valence-corrected chi connectivity index (χ3v) is 6.78. The van der Waals surface area contributed by atoms with Crippen molar-refractivity contribution in [2.45, 2.75) is 4.90 Å². The van der Waals surface area contributed by atoms with Crippen LogP contribution in [0.15, 0.2) is 46.7 Å². The maximum Gasteiger partial charge on any atom is 0.264 e. The molecular weight excluding hydrogens is 386 g/mol. The molecule has 146 valence electrons. The van der Waals surface area contributed by atoms with Crippen LogP contribution in [0.3, 0.4) is 0 Å². The minimum absolute atomic E-state index is 0.0726. The van der Waals surface area contributed by atoms with Crippen LogP contribution in [0.4, 0.5) is 0 Å². The van der Waals surface area contributed by atoms with Gasteiger partial charge >= 0.3 is 0 Å². The normalized spacial score (nSPS) is 15.7. The van der Waals surface area contributed by atoms with E-state index in [4.69, 9.17) is 4.74 Å². The molecule has 0 aliphatic carbocycles. The Morgan fingerprint density at radius 2 is 1.96 bits per heavy atom. The van der Waals surface area contributed by atoms with E-state index < -0.39 is 10.0 Å². The van der Waals surface area contributed by atoms with E-state index in [0.29, 0.717) is 31.9 Å². The quantitative estimate of drug-likeness (QED) is 0.750. The molecule has 1 aromatic heterocycles. The molecule has 1 aliphatic rings. The van der Waals surface area contributed by atoms with Gasteiger partial charge < -0.3 is 9.64 Å². The Morgan fingerprint density at radius 3 is 2.63 bits per heavy atom. The molecule has 0 unspecified atom stereocenters. The molecule has 0 radical (unpaired) electrons. The van der Waals surface area contributed by atoms with Gasteiger partial charge in [0.1, 0.15) is 5.75 Å². The van der Waals surface area contributed by atoms with Gasteiger partial charge in [-0.05, 0) is 23.6 Å². The zero-order chi connectivity index (χ0) is 19.3. The molecule has 1 amide bonds. The first-order valence-corrected chi connectivity index (χ1v) is 11.0. The van der Waals surface area contributed by atoms with E-state index >= 15 is 0 Å². The highest BCUT2D eigenvalue weighted by Gasteiger charge is 2.23. The number of hydrogen-bond donors (Lipinski definition) is 1. The molecule has 0 saturated carbocycles. The van der Waals surface area contributed by atoms with Gasteiger partial charge in [-0.3, -0.25) is 9.69 Å². The largest absolute Gasteiger partial charge is 0.497 e. The van der Waals surface area contributed by atoms with Crippen molar-refractivity contribution >= 4 is 27.3 Å². The summed E-state index contributed by atoms with van der Waals surface area (Å²) in [6.07, 6.45) is 0. The molecule has 7 nitrogen and oxygen atoms in total. The van der Waals surface area contributed by atoms with E-state index in [2.05, 4.69) is 9.62 Å². The van der Waals surface area contributed by atoms with Crippen LogP contribution in [0.1, 0.15) is 9.67 Å². The Labute approximate surface area is 163 Å². The molecule has 2 heterocycles. The molecular formula is C18H23N3O4S2. The van der Waals surface area contributed by atoms with E-state index in [9.17, 15) is 13.2 Å². The maximum atomic E-state index is 12.4. The fraction of sp³-hybridized carbons (Fsp3) is 0.389. The smallest absolute Gasteiger partial charge is 0.264 e. The summed E-state index contributed by atoms with van der Waals surface area (Å²) in [6.45, 7) is 3.69. The van der Waals surface area contributed by atoms with Crippen LogP contribution >= 0.6 is 11.3 Å².